The highest BCUT2D eigenvalue weighted by Crippen LogP contribution is 2.22. The van der Waals surface area contributed by atoms with E-state index in [1.54, 1.807) is 0 Å². The lowest BCUT2D eigenvalue weighted by Crippen LogP contribution is -2.08. The minimum atomic E-state index is 0.145. The molecule has 0 fully saturated rings. The topological polar surface area (TPSA) is 47.3 Å². The number of imidazole rings is 1. The first kappa shape index (κ1) is 14.9. The van der Waals surface area contributed by atoms with Crippen molar-refractivity contribution in [3.63, 3.8) is 0 Å². The van der Waals surface area contributed by atoms with Crippen LogP contribution < -0.4 is 4.74 Å². The van der Waals surface area contributed by atoms with Crippen molar-refractivity contribution in [1.29, 1.82) is 0 Å². The number of hydrogen-bond acceptors (Lipinski definition) is 3. The molecule has 0 saturated heterocycles. The normalized spacial score (nSPS) is 11.0. The Hall–Kier alpha value is -2.04. The van der Waals surface area contributed by atoms with Gasteiger partial charge in [0.05, 0.1) is 11.0 Å². The van der Waals surface area contributed by atoms with Gasteiger partial charge in [0.25, 0.3) is 0 Å². The predicted molar refractivity (Wildman–Crippen MR) is 87.2 cm³/mol. The smallest absolute Gasteiger partial charge is 0.148 e. The summed E-state index contributed by atoms with van der Waals surface area (Å²) in [5.41, 5.74) is 1.85. The van der Waals surface area contributed by atoms with Crippen LogP contribution in [0.3, 0.4) is 0 Å². The van der Waals surface area contributed by atoms with Crippen molar-refractivity contribution in [3.8, 4) is 5.75 Å². The van der Waals surface area contributed by atoms with Crippen molar-refractivity contribution in [1.82, 2.24) is 9.55 Å². The molecule has 4 nitrogen and oxygen atoms in total. The van der Waals surface area contributed by atoms with E-state index in [4.69, 9.17) is 21.4 Å². The molecular weight excluding hydrogens is 300 g/mol. The van der Waals surface area contributed by atoms with Gasteiger partial charge in [-0.25, -0.2) is 4.98 Å². The molecule has 22 heavy (non-hydrogen) atoms. The molecule has 2 aromatic carbocycles. The highest BCUT2D eigenvalue weighted by atomic mass is 35.5. The van der Waals surface area contributed by atoms with Crippen molar-refractivity contribution < 1.29 is 9.84 Å². The van der Waals surface area contributed by atoms with Crippen LogP contribution in [-0.4, -0.2) is 21.3 Å². The van der Waals surface area contributed by atoms with Crippen LogP contribution in [0, 0.1) is 0 Å². The molecular formula is C17H17ClN2O2. The maximum absolute atomic E-state index is 9.09. The van der Waals surface area contributed by atoms with E-state index in [9.17, 15) is 0 Å². The minimum absolute atomic E-state index is 0.145. The zero-order valence-corrected chi connectivity index (χ0v) is 12.8. The van der Waals surface area contributed by atoms with Crippen LogP contribution in [0.25, 0.3) is 11.0 Å². The second kappa shape index (κ2) is 6.81. The van der Waals surface area contributed by atoms with E-state index >= 15 is 0 Å². The lowest BCUT2D eigenvalue weighted by atomic mass is 10.3. The molecule has 0 radical (unpaired) electrons. The summed E-state index contributed by atoms with van der Waals surface area (Å²) in [5.74, 6) is 1.64. The van der Waals surface area contributed by atoms with E-state index in [0.29, 0.717) is 24.6 Å². The molecule has 3 aromatic rings. The van der Waals surface area contributed by atoms with Crippen LogP contribution in [0.5, 0.6) is 5.75 Å². The number of fused-ring (bicyclic) bond motifs is 1. The van der Waals surface area contributed by atoms with Gasteiger partial charge < -0.3 is 14.4 Å². The standard InChI is InChI=1S/C17H17ClN2O2/c18-13-7-8-16-15(11-13)19-17(20(16)9-4-10-21)12-22-14-5-2-1-3-6-14/h1-3,5-8,11,21H,4,9-10,12H2. The molecule has 0 unspecified atom stereocenters. The van der Waals surface area contributed by atoms with E-state index in [1.165, 1.54) is 0 Å². The number of benzene rings is 2. The molecule has 1 heterocycles. The molecule has 1 N–H and O–H groups in total. The first-order valence-electron chi connectivity index (χ1n) is 7.21. The molecule has 0 atom stereocenters. The highest BCUT2D eigenvalue weighted by molar-refractivity contribution is 6.31. The van der Waals surface area contributed by atoms with Crippen LogP contribution in [0.4, 0.5) is 0 Å². The lowest BCUT2D eigenvalue weighted by molar-refractivity contribution is 0.269. The van der Waals surface area contributed by atoms with Gasteiger partial charge in [-0.3, -0.25) is 0 Å². The van der Waals surface area contributed by atoms with Crippen molar-refractivity contribution in [3.05, 3.63) is 59.4 Å². The third-order valence-corrected chi connectivity index (χ3v) is 3.68. The number of aryl methyl sites for hydroxylation is 1. The van der Waals surface area contributed by atoms with Gasteiger partial charge in [0.2, 0.25) is 0 Å². The zero-order chi connectivity index (χ0) is 15.4. The second-order valence-corrected chi connectivity index (χ2v) is 5.43. The summed E-state index contributed by atoms with van der Waals surface area (Å²) >= 11 is 6.04. The van der Waals surface area contributed by atoms with E-state index in [2.05, 4.69) is 9.55 Å². The Morgan fingerprint density at radius 1 is 1.14 bits per heavy atom. The monoisotopic (exact) mass is 316 g/mol. The number of ether oxygens (including phenoxy) is 1. The van der Waals surface area contributed by atoms with Crippen LogP contribution >= 0.6 is 11.6 Å². The zero-order valence-electron chi connectivity index (χ0n) is 12.1. The van der Waals surface area contributed by atoms with Gasteiger partial charge in [-0.05, 0) is 36.8 Å². The molecule has 0 amide bonds. The van der Waals surface area contributed by atoms with Gasteiger partial charge in [0, 0.05) is 18.2 Å². The average molecular weight is 317 g/mol. The Morgan fingerprint density at radius 3 is 2.73 bits per heavy atom. The molecule has 1 aromatic heterocycles. The second-order valence-electron chi connectivity index (χ2n) is 4.99. The lowest BCUT2D eigenvalue weighted by Gasteiger charge is -2.09. The summed E-state index contributed by atoms with van der Waals surface area (Å²) in [5, 5.41) is 9.76. The Labute approximate surface area is 133 Å². The fraction of sp³-hybridized carbons (Fsp3) is 0.235. The Kier molecular flexibility index (Phi) is 4.61. The molecule has 3 rings (SSSR count). The third kappa shape index (κ3) is 3.24. The molecule has 114 valence electrons. The quantitative estimate of drug-likeness (QED) is 0.755. The summed E-state index contributed by atoms with van der Waals surface area (Å²) < 4.78 is 7.87. The number of aromatic nitrogens is 2. The number of hydrogen-bond donors (Lipinski definition) is 1. The van der Waals surface area contributed by atoms with Crippen molar-refractivity contribution >= 4 is 22.6 Å². The molecule has 0 bridgehead atoms. The molecule has 5 heteroatoms. The van der Waals surface area contributed by atoms with Gasteiger partial charge in [0.1, 0.15) is 18.2 Å². The first-order valence-corrected chi connectivity index (χ1v) is 7.59. The summed E-state index contributed by atoms with van der Waals surface area (Å²) in [6, 6.07) is 15.3. The van der Waals surface area contributed by atoms with Gasteiger partial charge in [-0.1, -0.05) is 29.8 Å². The third-order valence-electron chi connectivity index (χ3n) is 3.44. The Bertz CT molecular complexity index is 756. The Balaban J connectivity index is 1.89. The average Bonchev–Trinajstić information content (AvgIpc) is 2.88. The fourth-order valence-corrected chi connectivity index (χ4v) is 2.57. The first-order chi connectivity index (χ1) is 10.8. The fourth-order valence-electron chi connectivity index (χ4n) is 2.41. The van der Waals surface area contributed by atoms with Gasteiger partial charge >= 0.3 is 0 Å². The maximum Gasteiger partial charge on any atom is 0.148 e. The number of nitrogens with zero attached hydrogens (tertiary/aromatic N) is 2. The molecule has 0 aliphatic heterocycles. The predicted octanol–water partition coefficient (Wildman–Crippen LogP) is 3.65. The van der Waals surface area contributed by atoms with Crippen molar-refractivity contribution in [2.24, 2.45) is 0 Å². The van der Waals surface area contributed by atoms with Gasteiger partial charge in [-0.2, -0.15) is 0 Å². The van der Waals surface area contributed by atoms with Crippen molar-refractivity contribution in [2.75, 3.05) is 6.61 Å². The van der Waals surface area contributed by atoms with E-state index in [1.807, 2.05) is 48.5 Å². The van der Waals surface area contributed by atoms with Crippen LogP contribution in [0.1, 0.15) is 12.2 Å². The van der Waals surface area contributed by atoms with Gasteiger partial charge in [-0.15, -0.1) is 0 Å². The highest BCUT2D eigenvalue weighted by Gasteiger charge is 2.11. The summed E-state index contributed by atoms with van der Waals surface area (Å²) in [6.07, 6.45) is 0.673. The number of aliphatic hydroxyl groups excluding tert-OH is 1. The number of aliphatic hydroxyl groups is 1. The van der Waals surface area contributed by atoms with Crippen LogP contribution in [-0.2, 0) is 13.2 Å². The minimum Gasteiger partial charge on any atom is -0.486 e. The molecule has 0 saturated carbocycles. The largest absolute Gasteiger partial charge is 0.486 e. The van der Waals surface area contributed by atoms with Gasteiger partial charge in [0.15, 0.2) is 0 Å². The molecule has 0 aliphatic rings. The number of rotatable bonds is 6. The van der Waals surface area contributed by atoms with E-state index in [-0.39, 0.29) is 6.61 Å². The number of halogens is 1. The SMILES string of the molecule is OCCCn1c(COc2ccccc2)nc2cc(Cl)ccc21. The van der Waals surface area contributed by atoms with Crippen molar-refractivity contribution in [2.45, 2.75) is 19.6 Å². The number of para-hydroxylation sites is 1. The summed E-state index contributed by atoms with van der Waals surface area (Å²) in [4.78, 5) is 4.61. The van der Waals surface area contributed by atoms with E-state index in [0.717, 1.165) is 22.6 Å². The molecule has 0 aliphatic carbocycles. The van der Waals surface area contributed by atoms with Crippen LogP contribution in [0.2, 0.25) is 5.02 Å². The van der Waals surface area contributed by atoms with Crippen LogP contribution in [0.15, 0.2) is 48.5 Å². The molecule has 0 spiro atoms. The summed E-state index contributed by atoms with van der Waals surface area (Å²) in [7, 11) is 0. The van der Waals surface area contributed by atoms with E-state index < -0.39 is 0 Å². The maximum atomic E-state index is 9.09. The Morgan fingerprint density at radius 2 is 1.95 bits per heavy atom. The summed E-state index contributed by atoms with van der Waals surface area (Å²) in [6.45, 7) is 1.22.